The van der Waals surface area contributed by atoms with E-state index >= 15 is 0 Å². The largest absolute Gasteiger partial charge is 0.478 e. The fraction of sp³-hybridized carbons (Fsp3) is 0.0769. The Morgan fingerprint density at radius 3 is 2.62 bits per heavy atom. The van der Waals surface area contributed by atoms with E-state index in [9.17, 15) is 18.0 Å². The Balaban J connectivity index is 2.43. The van der Waals surface area contributed by atoms with E-state index < -0.39 is 17.7 Å². The number of aromatic nitrogens is 1. The van der Waals surface area contributed by atoms with Crippen molar-refractivity contribution in [2.24, 2.45) is 0 Å². The van der Waals surface area contributed by atoms with Crippen LogP contribution in [0, 0.1) is 0 Å². The van der Waals surface area contributed by atoms with Crippen LogP contribution in [0.4, 0.5) is 24.7 Å². The lowest BCUT2D eigenvalue weighted by molar-refractivity contribution is -0.137. The number of carboxylic acid groups (broad SMARTS) is 1. The molecular formula is C13H8BrF3N2O2. The van der Waals surface area contributed by atoms with Gasteiger partial charge < -0.3 is 10.4 Å². The van der Waals surface area contributed by atoms with Crippen LogP contribution in [0.1, 0.15) is 15.9 Å². The second kappa shape index (κ2) is 5.72. The van der Waals surface area contributed by atoms with Crippen LogP contribution in [0.15, 0.2) is 41.0 Å². The van der Waals surface area contributed by atoms with Gasteiger partial charge >= 0.3 is 12.1 Å². The molecule has 0 aliphatic carbocycles. The minimum atomic E-state index is -4.49. The van der Waals surface area contributed by atoms with Gasteiger partial charge in [-0.15, -0.1) is 0 Å². The summed E-state index contributed by atoms with van der Waals surface area (Å²) in [5.41, 5.74) is -0.908. The molecule has 8 heteroatoms. The number of aromatic carboxylic acids is 1. The molecule has 4 nitrogen and oxygen atoms in total. The number of nitrogens with one attached hydrogen (secondary N) is 1. The van der Waals surface area contributed by atoms with Crippen LogP contribution in [0.5, 0.6) is 0 Å². The fourth-order valence-electron chi connectivity index (χ4n) is 1.60. The predicted molar refractivity (Wildman–Crippen MR) is 73.6 cm³/mol. The highest BCUT2D eigenvalue weighted by atomic mass is 79.9. The average Bonchev–Trinajstić information content (AvgIpc) is 2.40. The number of alkyl halides is 3. The van der Waals surface area contributed by atoms with Crippen LogP contribution in [0.25, 0.3) is 0 Å². The quantitative estimate of drug-likeness (QED) is 0.856. The van der Waals surface area contributed by atoms with Crippen molar-refractivity contribution in [2.75, 3.05) is 5.32 Å². The third-order valence-electron chi connectivity index (χ3n) is 2.58. The van der Waals surface area contributed by atoms with E-state index in [4.69, 9.17) is 5.11 Å². The summed E-state index contributed by atoms with van der Waals surface area (Å²) < 4.78 is 38.4. The molecule has 0 radical (unpaired) electrons. The van der Waals surface area contributed by atoms with Gasteiger partial charge in [0.05, 0.1) is 11.3 Å². The number of hydrogen-bond acceptors (Lipinski definition) is 3. The van der Waals surface area contributed by atoms with Crippen LogP contribution in [0.2, 0.25) is 0 Å². The summed E-state index contributed by atoms with van der Waals surface area (Å²) in [5, 5.41) is 11.6. The number of carbonyl (C=O) groups is 1. The highest BCUT2D eigenvalue weighted by molar-refractivity contribution is 9.10. The molecule has 0 fully saturated rings. The lowest BCUT2D eigenvalue weighted by atomic mass is 10.2. The van der Waals surface area contributed by atoms with Crippen molar-refractivity contribution in [3.63, 3.8) is 0 Å². The minimum absolute atomic E-state index is 0.0370. The summed E-state index contributed by atoms with van der Waals surface area (Å²) in [6.07, 6.45) is -3.15. The number of halogens is 4. The number of hydrogen-bond donors (Lipinski definition) is 2. The molecule has 1 aromatic carbocycles. The van der Waals surface area contributed by atoms with Gasteiger partial charge in [0.15, 0.2) is 0 Å². The fourth-order valence-corrected chi connectivity index (χ4v) is 1.95. The van der Waals surface area contributed by atoms with Crippen LogP contribution >= 0.6 is 15.9 Å². The summed E-state index contributed by atoms with van der Waals surface area (Å²) in [6.45, 7) is 0. The summed E-state index contributed by atoms with van der Waals surface area (Å²) in [6, 6.07) is 5.76. The molecule has 0 atom stereocenters. The van der Waals surface area contributed by atoms with E-state index in [1.807, 2.05) is 0 Å². The summed E-state index contributed by atoms with van der Waals surface area (Å²) >= 11 is 3.11. The van der Waals surface area contributed by atoms with Crippen molar-refractivity contribution in [2.45, 2.75) is 6.18 Å². The monoisotopic (exact) mass is 360 g/mol. The standard InChI is InChI=1S/C13H8BrF3N2O2/c14-9-4-3-7(13(15,16)17)6-10(9)19-11-8(12(20)21)2-1-5-18-11/h1-6H,(H,18,19)(H,20,21). The number of anilines is 2. The molecule has 0 spiro atoms. The van der Waals surface area contributed by atoms with Crippen molar-refractivity contribution in [3.05, 3.63) is 52.1 Å². The molecule has 0 saturated heterocycles. The molecule has 1 heterocycles. The first kappa shape index (κ1) is 15.3. The molecule has 2 aromatic rings. The van der Waals surface area contributed by atoms with Gasteiger partial charge in [-0.25, -0.2) is 9.78 Å². The van der Waals surface area contributed by atoms with E-state index in [0.717, 1.165) is 12.1 Å². The molecule has 1 aromatic heterocycles. The Kier molecular flexibility index (Phi) is 4.17. The SMILES string of the molecule is O=C(O)c1cccnc1Nc1cc(C(F)(F)F)ccc1Br. The summed E-state index contributed by atoms with van der Waals surface area (Å²) in [4.78, 5) is 14.9. The van der Waals surface area contributed by atoms with Gasteiger partial charge in [0.2, 0.25) is 0 Å². The first-order chi connectivity index (χ1) is 9.79. The minimum Gasteiger partial charge on any atom is -0.478 e. The zero-order chi connectivity index (χ0) is 15.6. The van der Waals surface area contributed by atoms with Crippen LogP contribution in [-0.4, -0.2) is 16.1 Å². The van der Waals surface area contributed by atoms with E-state index in [1.165, 1.54) is 24.4 Å². The number of nitrogens with zero attached hydrogens (tertiary/aromatic N) is 1. The lowest BCUT2D eigenvalue weighted by Gasteiger charge is -2.13. The number of rotatable bonds is 3. The molecule has 2 N–H and O–H groups in total. The number of benzene rings is 1. The Bertz CT molecular complexity index is 689. The Morgan fingerprint density at radius 1 is 1.29 bits per heavy atom. The first-order valence-electron chi connectivity index (χ1n) is 5.61. The van der Waals surface area contributed by atoms with Crippen molar-refractivity contribution in [1.29, 1.82) is 0 Å². The summed E-state index contributed by atoms with van der Waals surface area (Å²) in [5.74, 6) is -1.27. The topological polar surface area (TPSA) is 62.2 Å². The molecule has 110 valence electrons. The number of carboxylic acids is 1. The second-order valence-electron chi connectivity index (χ2n) is 4.02. The van der Waals surface area contributed by atoms with E-state index in [2.05, 4.69) is 26.2 Å². The zero-order valence-corrected chi connectivity index (χ0v) is 11.9. The molecule has 0 aliphatic heterocycles. The zero-order valence-electron chi connectivity index (χ0n) is 10.3. The summed E-state index contributed by atoms with van der Waals surface area (Å²) in [7, 11) is 0. The smallest absolute Gasteiger partial charge is 0.416 e. The Morgan fingerprint density at radius 2 is 2.00 bits per heavy atom. The van der Waals surface area contributed by atoms with Crippen molar-refractivity contribution >= 4 is 33.4 Å². The van der Waals surface area contributed by atoms with E-state index in [0.29, 0.717) is 4.47 Å². The maximum absolute atomic E-state index is 12.7. The second-order valence-corrected chi connectivity index (χ2v) is 4.88. The average molecular weight is 361 g/mol. The molecule has 0 saturated carbocycles. The Labute approximate surface area is 125 Å². The highest BCUT2D eigenvalue weighted by Crippen LogP contribution is 2.35. The van der Waals surface area contributed by atoms with Crippen molar-refractivity contribution < 1.29 is 23.1 Å². The van der Waals surface area contributed by atoms with Gasteiger partial charge in [-0.1, -0.05) is 0 Å². The molecule has 0 bridgehead atoms. The van der Waals surface area contributed by atoms with Crippen LogP contribution in [0.3, 0.4) is 0 Å². The van der Waals surface area contributed by atoms with Crippen LogP contribution < -0.4 is 5.32 Å². The maximum atomic E-state index is 12.7. The van der Waals surface area contributed by atoms with Crippen molar-refractivity contribution in [3.8, 4) is 0 Å². The lowest BCUT2D eigenvalue weighted by Crippen LogP contribution is -2.08. The predicted octanol–water partition coefficient (Wildman–Crippen LogP) is 4.30. The Hall–Kier alpha value is -2.09. The molecule has 0 amide bonds. The van der Waals surface area contributed by atoms with Crippen molar-refractivity contribution in [1.82, 2.24) is 4.98 Å². The van der Waals surface area contributed by atoms with E-state index in [-0.39, 0.29) is 17.1 Å². The third-order valence-corrected chi connectivity index (χ3v) is 3.28. The normalized spacial score (nSPS) is 11.2. The van der Waals surface area contributed by atoms with Gasteiger partial charge in [-0.2, -0.15) is 13.2 Å². The molecular weight excluding hydrogens is 353 g/mol. The van der Waals surface area contributed by atoms with E-state index in [1.54, 1.807) is 0 Å². The molecule has 21 heavy (non-hydrogen) atoms. The maximum Gasteiger partial charge on any atom is 0.416 e. The van der Waals surface area contributed by atoms with Crippen LogP contribution in [-0.2, 0) is 6.18 Å². The van der Waals surface area contributed by atoms with Gasteiger partial charge in [-0.3, -0.25) is 0 Å². The van der Waals surface area contributed by atoms with Gasteiger partial charge in [-0.05, 0) is 46.3 Å². The highest BCUT2D eigenvalue weighted by Gasteiger charge is 2.31. The molecule has 0 unspecified atom stereocenters. The first-order valence-corrected chi connectivity index (χ1v) is 6.40. The van der Waals surface area contributed by atoms with Gasteiger partial charge in [0, 0.05) is 10.7 Å². The molecule has 0 aliphatic rings. The van der Waals surface area contributed by atoms with Gasteiger partial charge in [0.1, 0.15) is 11.4 Å². The number of pyridine rings is 1. The van der Waals surface area contributed by atoms with Gasteiger partial charge in [0.25, 0.3) is 0 Å². The third kappa shape index (κ3) is 3.52. The molecule has 2 rings (SSSR count).